The highest BCUT2D eigenvalue weighted by molar-refractivity contribution is 6.35. The molecule has 3 aromatic rings. The molecule has 2 amide bonds. The average Bonchev–Trinajstić information content (AvgIpc) is 3.09. The van der Waals surface area contributed by atoms with Crippen LogP contribution in [0.25, 0.3) is 16.8 Å². The van der Waals surface area contributed by atoms with Gasteiger partial charge in [0.15, 0.2) is 0 Å². The lowest BCUT2D eigenvalue weighted by Gasteiger charge is -2.18. The number of benzene rings is 3. The monoisotopic (exact) mass is 312 g/mol. The van der Waals surface area contributed by atoms with Gasteiger partial charge in [-0.2, -0.15) is 0 Å². The summed E-state index contributed by atoms with van der Waals surface area (Å²) in [4.78, 5) is 26.7. The maximum absolute atomic E-state index is 13.0. The standard InChI is InChI=1S/C20H12N2O2/c1-2-11-3-5-12(6-4-11)22-16-10-9-15-17-13(19(23)21-15)7-8-14(18(16)17)20(22)24/h2-10H,1H2,(H,21,23). The summed E-state index contributed by atoms with van der Waals surface area (Å²) in [7, 11) is 0. The smallest absolute Gasteiger partial charge is 0.263 e. The van der Waals surface area contributed by atoms with E-state index in [0.29, 0.717) is 11.1 Å². The summed E-state index contributed by atoms with van der Waals surface area (Å²) < 4.78 is 0. The molecule has 0 fully saturated rings. The van der Waals surface area contributed by atoms with Gasteiger partial charge in [0.25, 0.3) is 11.8 Å². The second kappa shape index (κ2) is 4.32. The molecule has 2 heterocycles. The molecule has 0 aliphatic carbocycles. The van der Waals surface area contributed by atoms with E-state index < -0.39 is 0 Å². The van der Waals surface area contributed by atoms with Crippen LogP contribution in [0.5, 0.6) is 0 Å². The first-order chi connectivity index (χ1) is 11.7. The van der Waals surface area contributed by atoms with Gasteiger partial charge in [-0.15, -0.1) is 0 Å². The predicted octanol–water partition coefficient (Wildman–Crippen LogP) is 4.34. The normalized spacial score (nSPS) is 14.4. The Morgan fingerprint density at radius 2 is 1.62 bits per heavy atom. The summed E-state index contributed by atoms with van der Waals surface area (Å²) in [6, 6.07) is 14.9. The lowest BCUT2D eigenvalue weighted by Crippen LogP contribution is -2.20. The highest BCUT2D eigenvalue weighted by atomic mass is 16.2. The summed E-state index contributed by atoms with van der Waals surface area (Å²) in [5.74, 6) is -0.186. The van der Waals surface area contributed by atoms with Crippen molar-refractivity contribution in [2.24, 2.45) is 0 Å². The minimum atomic E-state index is -0.116. The zero-order valence-corrected chi connectivity index (χ0v) is 12.7. The van der Waals surface area contributed by atoms with Crippen molar-refractivity contribution in [1.29, 1.82) is 0 Å². The lowest BCUT2D eigenvalue weighted by atomic mass is 10.0. The van der Waals surface area contributed by atoms with Crippen molar-refractivity contribution in [2.45, 2.75) is 0 Å². The first kappa shape index (κ1) is 13.1. The van der Waals surface area contributed by atoms with E-state index in [2.05, 4.69) is 11.9 Å². The van der Waals surface area contributed by atoms with E-state index >= 15 is 0 Å². The molecule has 0 atom stereocenters. The van der Waals surface area contributed by atoms with Gasteiger partial charge in [0.05, 0.1) is 11.3 Å². The number of nitrogens with one attached hydrogen (secondary N) is 1. The molecule has 114 valence electrons. The maximum Gasteiger partial charge on any atom is 0.263 e. The molecule has 24 heavy (non-hydrogen) atoms. The SMILES string of the molecule is C=Cc1ccc(N2C(=O)c3ccc4c5c(ccc2c35)NC4=O)cc1. The Kier molecular flexibility index (Phi) is 2.36. The highest BCUT2D eigenvalue weighted by Crippen LogP contribution is 2.47. The maximum atomic E-state index is 13.0. The third-order valence-corrected chi connectivity index (χ3v) is 4.69. The summed E-state index contributed by atoms with van der Waals surface area (Å²) in [6.45, 7) is 3.75. The van der Waals surface area contributed by atoms with Gasteiger partial charge in [0.1, 0.15) is 0 Å². The number of carbonyl (C=O) groups is 2. The van der Waals surface area contributed by atoms with Crippen LogP contribution in [-0.4, -0.2) is 11.8 Å². The van der Waals surface area contributed by atoms with E-state index in [0.717, 1.165) is 33.4 Å². The van der Waals surface area contributed by atoms with Crippen LogP contribution in [0.4, 0.5) is 17.1 Å². The summed E-state index contributed by atoms with van der Waals surface area (Å²) in [6.07, 6.45) is 1.77. The van der Waals surface area contributed by atoms with E-state index in [9.17, 15) is 9.59 Å². The second-order valence-corrected chi connectivity index (χ2v) is 5.93. The van der Waals surface area contributed by atoms with Crippen LogP contribution < -0.4 is 10.2 Å². The molecule has 0 bridgehead atoms. The number of anilines is 3. The summed E-state index contributed by atoms with van der Waals surface area (Å²) in [5.41, 5.74) is 4.65. The Hall–Kier alpha value is -3.40. The van der Waals surface area contributed by atoms with Crippen molar-refractivity contribution in [3.63, 3.8) is 0 Å². The Morgan fingerprint density at radius 1 is 0.875 bits per heavy atom. The fourth-order valence-corrected chi connectivity index (χ4v) is 3.57. The second-order valence-electron chi connectivity index (χ2n) is 5.93. The van der Waals surface area contributed by atoms with E-state index in [4.69, 9.17) is 0 Å². The minimum absolute atomic E-state index is 0.0700. The zero-order chi connectivity index (χ0) is 16.4. The van der Waals surface area contributed by atoms with Crippen molar-refractivity contribution < 1.29 is 9.59 Å². The third-order valence-electron chi connectivity index (χ3n) is 4.69. The minimum Gasteiger partial charge on any atom is -0.321 e. The summed E-state index contributed by atoms with van der Waals surface area (Å²) in [5, 5.41) is 4.55. The number of hydrogen-bond acceptors (Lipinski definition) is 2. The molecular formula is C20H12N2O2. The molecule has 2 aliphatic rings. The van der Waals surface area contributed by atoms with Crippen LogP contribution in [0, 0.1) is 0 Å². The fourth-order valence-electron chi connectivity index (χ4n) is 3.57. The lowest BCUT2D eigenvalue weighted by molar-refractivity contribution is 0.100. The van der Waals surface area contributed by atoms with Gasteiger partial charge < -0.3 is 5.32 Å². The molecule has 3 aromatic carbocycles. The van der Waals surface area contributed by atoms with Crippen LogP contribution in [0.3, 0.4) is 0 Å². The van der Waals surface area contributed by atoms with Crippen LogP contribution >= 0.6 is 0 Å². The molecular weight excluding hydrogens is 300 g/mol. The topological polar surface area (TPSA) is 49.4 Å². The molecule has 0 aromatic heterocycles. The van der Waals surface area contributed by atoms with Crippen molar-refractivity contribution in [3.8, 4) is 0 Å². The molecule has 1 N–H and O–H groups in total. The molecule has 0 saturated carbocycles. The zero-order valence-electron chi connectivity index (χ0n) is 12.7. The van der Waals surface area contributed by atoms with Gasteiger partial charge in [0, 0.05) is 27.7 Å². The van der Waals surface area contributed by atoms with Gasteiger partial charge in [-0.05, 0) is 42.0 Å². The van der Waals surface area contributed by atoms with Crippen molar-refractivity contribution in [1.82, 2.24) is 0 Å². The fraction of sp³-hybridized carbons (Fsp3) is 0. The van der Waals surface area contributed by atoms with Gasteiger partial charge in [-0.1, -0.05) is 24.8 Å². The molecule has 5 rings (SSSR count). The van der Waals surface area contributed by atoms with Crippen LogP contribution in [0.1, 0.15) is 26.3 Å². The van der Waals surface area contributed by atoms with Crippen LogP contribution in [-0.2, 0) is 0 Å². The Morgan fingerprint density at radius 3 is 2.38 bits per heavy atom. The number of hydrogen-bond donors (Lipinski definition) is 1. The Labute approximate surface area is 138 Å². The predicted molar refractivity (Wildman–Crippen MR) is 94.9 cm³/mol. The molecule has 2 aliphatic heterocycles. The number of nitrogens with zero attached hydrogens (tertiary/aromatic N) is 1. The van der Waals surface area contributed by atoms with Gasteiger partial charge in [0.2, 0.25) is 0 Å². The number of rotatable bonds is 2. The van der Waals surface area contributed by atoms with Crippen LogP contribution in [0.15, 0.2) is 55.1 Å². The van der Waals surface area contributed by atoms with E-state index in [1.165, 1.54) is 0 Å². The first-order valence-electron chi connectivity index (χ1n) is 7.67. The van der Waals surface area contributed by atoms with E-state index in [1.54, 1.807) is 23.1 Å². The van der Waals surface area contributed by atoms with Gasteiger partial charge in [-0.25, -0.2) is 0 Å². The molecule has 4 nitrogen and oxygen atoms in total. The van der Waals surface area contributed by atoms with Crippen molar-refractivity contribution in [3.05, 3.63) is 71.8 Å². The quantitative estimate of drug-likeness (QED) is 0.765. The van der Waals surface area contributed by atoms with Gasteiger partial charge in [-0.3, -0.25) is 14.5 Å². The average molecular weight is 312 g/mol. The van der Waals surface area contributed by atoms with E-state index in [-0.39, 0.29) is 11.8 Å². The number of carbonyl (C=O) groups excluding carboxylic acids is 2. The van der Waals surface area contributed by atoms with E-state index in [1.807, 2.05) is 36.4 Å². The highest BCUT2D eigenvalue weighted by Gasteiger charge is 2.35. The Bertz CT molecular complexity index is 1080. The molecule has 0 saturated heterocycles. The third kappa shape index (κ3) is 1.47. The summed E-state index contributed by atoms with van der Waals surface area (Å²) >= 11 is 0. The molecule has 0 unspecified atom stereocenters. The molecule has 4 heteroatoms. The Balaban J connectivity index is 1.79. The molecule has 0 radical (unpaired) electrons. The van der Waals surface area contributed by atoms with Crippen molar-refractivity contribution >= 4 is 45.7 Å². The number of amides is 2. The first-order valence-corrected chi connectivity index (χ1v) is 7.67. The van der Waals surface area contributed by atoms with Crippen molar-refractivity contribution in [2.75, 3.05) is 10.2 Å². The molecule has 0 spiro atoms. The largest absolute Gasteiger partial charge is 0.321 e. The van der Waals surface area contributed by atoms with Crippen LogP contribution in [0.2, 0.25) is 0 Å². The van der Waals surface area contributed by atoms with Gasteiger partial charge >= 0.3 is 0 Å².